The van der Waals surface area contributed by atoms with Crippen LogP contribution in [0.25, 0.3) is 11.1 Å². The number of amides is 2. The van der Waals surface area contributed by atoms with Crippen LogP contribution in [0.5, 0.6) is 0 Å². The monoisotopic (exact) mass is 393 g/mol. The summed E-state index contributed by atoms with van der Waals surface area (Å²) >= 11 is 6.06. The number of hydrogen-bond acceptors (Lipinski definition) is 2. The van der Waals surface area contributed by atoms with Crippen LogP contribution < -0.4 is 16.4 Å². The van der Waals surface area contributed by atoms with Crippen molar-refractivity contribution in [3.63, 3.8) is 0 Å². The van der Waals surface area contributed by atoms with Gasteiger partial charge in [-0.2, -0.15) is 0 Å². The molecule has 0 radical (unpaired) electrons. The zero-order valence-electron chi connectivity index (χ0n) is 15.6. The number of urea groups is 1. The van der Waals surface area contributed by atoms with Gasteiger partial charge in [-0.25, -0.2) is 4.79 Å². The third kappa shape index (κ3) is 6.12. The predicted octanol–water partition coefficient (Wildman–Crippen LogP) is 5.09. The lowest BCUT2D eigenvalue weighted by Crippen LogP contribution is -2.34. The van der Waals surface area contributed by atoms with Crippen LogP contribution in [0.15, 0.2) is 78.9 Å². The number of halogens is 1. The van der Waals surface area contributed by atoms with Crippen LogP contribution >= 0.6 is 11.6 Å². The highest BCUT2D eigenvalue weighted by atomic mass is 35.5. The van der Waals surface area contributed by atoms with Gasteiger partial charge in [0.05, 0.1) is 0 Å². The molecule has 0 aliphatic carbocycles. The molecule has 0 fully saturated rings. The summed E-state index contributed by atoms with van der Waals surface area (Å²) in [6.07, 6.45) is 1.51. The number of rotatable bonds is 7. The second kappa shape index (κ2) is 9.93. The van der Waals surface area contributed by atoms with Crippen LogP contribution in [0.3, 0.4) is 0 Å². The molecule has 28 heavy (non-hydrogen) atoms. The Hall–Kier alpha value is -2.82. The summed E-state index contributed by atoms with van der Waals surface area (Å²) in [4.78, 5) is 12.2. The van der Waals surface area contributed by atoms with E-state index < -0.39 is 0 Å². The van der Waals surface area contributed by atoms with Crippen LogP contribution in [0.2, 0.25) is 5.02 Å². The summed E-state index contributed by atoms with van der Waals surface area (Å²) < 4.78 is 0. The Labute approximate surface area is 170 Å². The molecular weight excluding hydrogens is 370 g/mol. The average molecular weight is 394 g/mol. The molecule has 144 valence electrons. The minimum atomic E-state index is -0.241. The molecule has 4 N–H and O–H groups in total. The number of nitrogens with one attached hydrogen (secondary N) is 2. The Balaban J connectivity index is 1.48. The highest BCUT2D eigenvalue weighted by Crippen LogP contribution is 2.25. The standard InChI is InChI=1S/C23H24ClN3O/c24-20-10-4-8-18(15-20)19-9-5-11-22(16-19)27-23(28)26-13-12-21(25)14-17-6-2-1-3-7-17/h1-11,15-16,21H,12-14,25H2,(H2,26,27,28). The fourth-order valence-electron chi connectivity index (χ4n) is 3.01. The third-order valence-electron chi connectivity index (χ3n) is 4.42. The second-order valence-corrected chi connectivity index (χ2v) is 7.15. The fraction of sp³-hybridized carbons (Fsp3) is 0.174. The van der Waals surface area contributed by atoms with Gasteiger partial charge in [0, 0.05) is 23.3 Å². The molecule has 0 saturated carbocycles. The van der Waals surface area contributed by atoms with Crippen molar-refractivity contribution in [1.82, 2.24) is 5.32 Å². The number of hydrogen-bond donors (Lipinski definition) is 3. The fourth-order valence-corrected chi connectivity index (χ4v) is 3.20. The molecular formula is C23H24ClN3O. The number of benzene rings is 3. The van der Waals surface area contributed by atoms with Gasteiger partial charge in [0.15, 0.2) is 0 Å². The smallest absolute Gasteiger partial charge is 0.319 e. The zero-order valence-corrected chi connectivity index (χ0v) is 16.3. The normalized spacial score (nSPS) is 11.6. The largest absolute Gasteiger partial charge is 0.338 e. The summed E-state index contributed by atoms with van der Waals surface area (Å²) in [7, 11) is 0. The number of anilines is 1. The minimum Gasteiger partial charge on any atom is -0.338 e. The van der Waals surface area contributed by atoms with E-state index in [0.717, 1.165) is 23.2 Å². The van der Waals surface area contributed by atoms with Gasteiger partial charge in [-0.05, 0) is 53.8 Å². The lowest BCUT2D eigenvalue weighted by atomic mass is 10.0. The molecule has 0 aliphatic heterocycles. The summed E-state index contributed by atoms with van der Waals surface area (Å²) in [5.74, 6) is 0. The summed E-state index contributed by atoms with van der Waals surface area (Å²) in [6, 6.07) is 25.2. The second-order valence-electron chi connectivity index (χ2n) is 6.71. The van der Waals surface area contributed by atoms with Crippen molar-refractivity contribution in [3.8, 4) is 11.1 Å². The van der Waals surface area contributed by atoms with Crippen molar-refractivity contribution in [1.29, 1.82) is 0 Å². The predicted molar refractivity (Wildman–Crippen MR) is 117 cm³/mol. The molecule has 0 aromatic heterocycles. The Morgan fingerprint density at radius 2 is 1.64 bits per heavy atom. The first-order valence-electron chi connectivity index (χ1n) is 9.30. The van der Waals surface area contributed by atoms with Crippen LogP contribution in [0.1, 0.15) is 12.0 Å². The molecule has 3 aromatic rings. The van der Waals surface area contributed by atoms with Crippen molar-refractivity contribution < 1.29 is 4.79 Å². The van der Waals surface area contributed by atoms with E-state index in [4.69, 9.17) is 17.3 Å². The number of carbonyl (C=O) groups excluding carboxylic acids is 1. The van der Waals surface area contributed by atoms with E-state index in [1.54, 1.807) is 0 Å². The van der Waals surface area contributed by atoms with E-state index in [0.29, 0.717) is 18.0 Å². The molecule has 1 atom stereocenters. The SMILES string of the molecule is NC(CCNC(=O)Nc1cccc(-c2cccc(Cl)c2)c1)Cc1ccccc1. The number of carbonyl (C=O) groups is 1. The summed E-state index contributed by atoms with van der Waals surface area (Å²) in [5.41, 5.74) is 10.1. The number of nitrogens with two attached hydrogens (primary N) is 1. The highest BCUT2D eigenvalue weighted by Gasteiger charge is 2.07. The molecule has 0 spiro atoms. The molecule has 0 aliphatic rings. The maximum atomic E-state index is 12.2. The summed E-state index contributed by atoms with van der Waals surface area (Å²) in [5, 5.41) is 6.41. The Bertz CT molecular complexity index is 914. The van der Waals surface area contributed by atoms with Gasteiger partial charge >= 0.3 is 6.03 Å². The van der Waals surface area contributed by atoms with Gasteiger partial charge in [0.1, 0.15) is 0 Å². The van der Waals surface area contributed by atoms with Crippen LogP contribution in [0.4, 0.5) is 10.5 Å². The molecule has 0 bridgehead atoms. The highest BCUT2D eigenvalue weighted by molar-refractivity contribution is 6.30. The minimum absolute atomic E-state index is 0.00820. The topological polar surface area (TPSA) is 67.1 Å². The zero-order chi connectivity index (χ0) is 19.8. The summed E-state index contributed by atoms with van der Waals surface area (Å²) in [6.45, 7) is 0.522. The maximum Gasteiger partial charge on any atom is 0.319 e. The van der Waals surface area contributed by atoms with Crippen molar-refractivity contribution in [2.45, 2.75) is 18.9 Å². The Morgan fingerprint density at radius 1 is 0.929 bits per heavy atom. The van der Waals surface area contributed by atoms with Crippen LogP contribution in [0, 0.1) is 0 Å². The maximum absolute atomic E-state index is 12.2. The lowest BCUT2D eigenvalue weighted by Gasteiger charge is -2.13. The lowest BCUT2D eigenvalue weighted by molar-refractivity contribution is 0.251. The molecule has 4 nitrogen and oxygen atoms in total. The van der Waals surface area contributed by atoms with E-state index in [9.17, 15) is 4.79 Å². The van der Waals surface area contributed by atoms with E-state index in [2.05, 4.69) is 22.8 Å². The van der Waals surface area contributed by atoms with Gasteiger partial charge < -0.3 is 16.4 Å². The third-order valence-corrected chi connectivity index (χ3v) is 4.65. The van der Waals surface area contributed by atoms with Crippen LogP contribution in [-0.2, 0) is 6.42 Å². The molecule has 1 unspecified atom stereocenters. The van der Waals surface area contributed by atoms with Gasteiger partial charge in [-0.3, -0.25) is 0 Å². The van der Waals surface area contributed by atoms with E-state index in [1.165, 1.54) is 5.56 Å². The molecule has 2 amide bonds. The first kappa shape index (κ1) is 19.9. The molecule has 5 heteroatoms. The van der Waals surface area contributed by atoms with Crippen LogP contribution in [-0.4, -0.2) is 18.6 Å². The van der Waals surface area contributed by atoms with E-state index in [1.807, 2.05) is 66.7 Å². The molecule has 0 saturated heterocycles. The Kier molecular flexibility index (Phi) is 7.06. The van der Waals surface area contributed by atoms with Gasteiger partial charge in [-0.15, -0.1) is 0 Å². The van der Waals surface area contributed by atoms with Crippen molar-refractivity contribution in [2.75, 3.05) is 11.9 Å². The van der Waals surface area contributed by atoms with Gasteiger partial charge in [-0.1, -0.05) is 66.2 Å². The molecule has 3 aromatic carbocycles. The molecule has 0 heterocycles. The first-order valence-corrected chi connectivity index (χ1v) is 9.68. The van der Waals surface area contributed by atoms with Crippen molar-refractivity contribution >= 4 is 23.3 Å². The van der Waals surface area contributed by atoms with E-state index in [-0.39, 0.29) is 12.1 Å². The van der Waals surface area contributed by atoms with Gasteiger partial charge in [0.2, 0.25) is 0 Å². The average Bonchev–Trinajstić information content (AvgIpc) is 2.69. The quantitative estimate of drug-likeness (QED) is 0.523. The van der Waals surface area contributed by atoms with Crippen molar-refractivity contribution in [3.05, 3.63) is 89.4 Å². The van der Waals surface area contributed by atoms with Gasteiger partial charge in [0.25, 0.3) is 0 Å². The van der Waals surface area contributed by atoms with Crippen molar-refractivity contribution in [2.24, 2.45) is 5.73 Å². The van der Waals surface area contributed by atoms with E-state index >= 15 is 0 Å². The molecule has 3 rings (SSSR count). The first-order chi connectivity index (χ1) is 13.6. The Morgan fingerprint density at radius 3 is 2.39 bits per heavy atom.